The molecule has 0 atom stereocenters. The molecule has 1 aliphatic rings. The van der Waals surface area contributed by atoms with E-state index < -0.39 is 24.7 Å². The molecule has 3 amide bonds. The number of rotatable bonds is 5. The van der Waals surface area contributed by atoms with Crippen LogP contribution in [0.2, 0.25) is 0 Å². The van der Waals surface area contributed by atoms with Crippen LogP contribution in [0.25, 0.3) is 0 Å². The number of carbonyl (C=O) groups excluding carboxylic acids is 2. The van der Waals surface area contributed by atoms with Crippen molar-refractivity contribution in [2.75, 3.05) is 18.7 Å². The number of amides is 3. The van der Waals surface area contributed by atoms with E-state index in [9.17, 15) is 22.8 Å². The molecular weight excluding hydrogens is 379 g/mol. The molecule has 0 fully saturated rings. The molecule has 148 valence electrons. The predicted molar refractivity (Wildman–Crippen MR) is 93.3 cm³/mol. The fraction of sp³-hybridized carbons (Fsp3) is 0.222. The van der Waals surface area contributed by atoms with Crippen LogP contribution < -0.4 is 25.4 Å². The monoisotopic (exact) mass is 395 g/mol. The summed E-state index contributed by atoms with van der Waals surface area (Å²) in [6, 6.07) is 10.3. The number of carbonyl (C=O) groups is 2. The van der Waals surface area contributed by atoms with E-state index in [1.807, 2.05) is 0 Å². The summed E-state index contributed by atoms with van der Waals surface area (Å²) >= 11 is 0. The summed E-state index contributed by atoms with van der Waals surface area (Å²) in [5.74, 6) is 0.405. The van der Waals surface area contributed by atoms with Crippen LogP contribution >= 0.6 is 0 Å². The molecule has 0 spiro atoms. The minimum Gasteiger partial charge on any atom is -0.454 e. The Morgan fingerprint density at radius 1 is 0.964 bits per heavy atom. The van der Waals surface area contributed by atoms with Gasteiger partial charge in [0.05, 0.1) is 0 Å². The van der Waals surface area contributed by atoms with Gasteiger partial charge in [-0.25, -0.2) is 4.79 Å². The fourth-order valence-electron chi connectivity index (χ4n) is 2.40. The van der Waals surface area contributed by atoms with Gasteiger partial charge in [0.1, 0.15) is 6.54 Å². The second kappa shape index (κ2) is 8.07. The lowest BCUT2D eigenvalue weighted by molar-refractivity contribution is -0.123. The first-order valence-electron chi connectivity index (χ1n) is 8.18. The predicted octanol–water partition coefficient (Wildman–Crippen LogP) is 3.03. The number of fused-ring (bicyclic) bond motifs is 1. The van der Waals surface area contributed by atoms with Gasteiger partial charge in [-0.15, -0.1) is 0 Å². The molecule has 28 heavy (non-hydrogen) atoms. The van der Waals surface area contributed by atoms with Crippen molar-refractivity contribution in [2.24, 2.45) is 0 Å². The van der Waals surface area contributed by atoms with E-state index in [0.29, 0.717) is 17.2 Å². The maximum absolute atomic E-state index is 12.1. The summed E-state index contributed by atoms with van der Waals surface area (Å²) in [4.78, 5) is 23.6. The Balaban J connectivity index is 1.48. The lowest BCUT2D eigenvalue weighted by atomic mass is 10.2. The molecule has 3 rings (SSSR count). The highest BCUT2D eigenvalue weighted by atomic mass is 19.4. The molecule has 0 saturated heterocycles. The maximum atomic E-state index is 12.1. The second-order valence-corrected chi connectivity index (χ2v) is 5.87. The zero-order valence-electron chi connectivity index (χ0n) is 14.4. The average Bonchev–Trinajstić information content (AvgIpc) is 3.12. The molecule has 2 aromatic carbocycles. The first kappa shape index (κ1) is 19.3. The fourth-order valence-corrected chi connectivity index (χ4v) is 2.40. The number of halogens is 3. The third-order valence-electron chi connectivity index (χ3n) is 3.74. The Kier molecular flexibility index (Phi) is 5.57. The van der Waals surface area contributed by atoms with Crippen molar-refractivity contribution >= 4 is 17.6 Å². The number of benzene rings is 2. The summed E-state index contributed by atoms with van der Waals surface area (Å²) in [5.41, 5.74) is 1.25. The normalized spacial score (nSPS) is 12.4. The van der Waals surface area contributed by atoms with E-state index in [-0.39, 0.29) is 18.9 Å². The largest absolute Gasteiger partial charge is 0.454 e. The molecule has 0 aliphatic carbocycles. The average molecular weight is 395 g/mol. The van der Waals surface area contributed by atoms with E-state index in [2.05, 4.69) is 10.6 Å². The van der Waals surface area contributed by atoms with Crippen LogP contribution in [0.15, 0.2) is 42.5 Å². The number of anilines is 1. The number of hydrogen-bond acceptors (Lipinski definition) is 4. The molecule has 2 aromatic rings. The van der Waals surface area contributed by atoms with Gasteiger partial charge in [0.15, 0.2) is 11.5 Å². The maximum Gasteiger partial charge on any atom is 0.405 e. The molecule has 3 N–H and O–H groups in total. The highest BCUT2D eigenvalue weighted by Crippen LogP contribution is 2.32. The van der Waals surface area contributed by atoms with Gasteiger partial charge in [0.25, 0.3) is 5.91 Å². The molecule has 0 unspecified atom stereocenters. The van der Waals surface area contributed by atoms with Crippen molar-refractivity contribution in [1.82, 2.24) is 10.6 Å². The van der Waals surface area contributed by atoms with E-state index in [4.69, 9.17) is 9.47 Å². The van der Waals surface area contributed by atoms with Crippen LogP contribution in [0.4, 0.5) is 23.7 Å². The lowest BCUT2D eigenvalue weighted by Gasteiger charge is -2.10. The number of urea groups is 1. The Hall–Kier alpha value is -3.43. The standard InChI is InChI=1S/C18H16F3N3O4/c19-18(20,21)9-23-16(25)12-2-4-13(5-3-12)24-17(26)22-8-11-1-6-14-15(7-11)28-10-27-14/h1-7H,8-10H2,(H,23,25)(H2,22,24,26). The van der Waals surface area contributed by atoms with Crippen LogP contribution in [-0.2, 0) is 6.54 Å². The van der Waals surface area contributed by atoms with Crippen molar-refractivity contribution in [2.45, 2.75) is 12.7 Å². The third kappa shape index (κ3) is 5.29. The van der Waals surface area contributed by atoms with Crippen molar-refractivity contribution < 1.29 is 32.2 Å². The highest BCUT2D eigenvalue weighted by Gasteiger charge is 2.27. The topological polar surface area (TPSA) is 88.7 Å². The third-order valence-corrected chi connectivity index (χ3v) is 3.74. The number of hydrogen-bond donors (Lipinski definition) is 3. The lowest BCUT2D eigenvalue weighted by Crippen LogP contribution is -2.33. The van der Waals surface area contributed by atoms with Crippen LogP contribution in [0.3, 0.4) is 0 Å². The summed E-state index contributed by atoms with van der Waals surface area (Å²) in [6.07, 6.45) is -4.48. The Morgan fingerprint density at radius 2 is 1.68 bits per heavy atom. The zero-order chi connectivity index (χ0) is 20.1. The smallest absolute Gasteiger partial charge is 0.405 e. The Labute approximate surface area is 157 Å². The number of nitrogens with one attached hydrogen (secondary N) is 3. The van der Waals surface area contributed by atoms with Gasteiger partial charge in [-0.1, -0.05) is 6.07 Å². The molecule has 0 saturated carbocycles. The van der Waals surface area contributed by atoms with Crippen LogP contribution in [0.5, 0.6) is 11.5 Å². The first-order chi connectivity index (χ1) is 13.3. The van der Waals surface area contributed by atoms with E-state index in [1.54, 1.807) is 23.5 Å². The second-order valence-electron chi connectivity index (χ2n) is 5.87. The van der Waals surface area contributed by atoms with Gasteiger partial charge in [-0.3, -0.25) is 4.79 Å². The highest BCUT2D eigenvalue weighted by molar-refractivity contribution is 5.95. The quantitative estimate of drug-likeness (QED) is 0.726. The molecule has 1 heterocycles. The number of ether oxygens (including phenoxy) is 2. The molecular formula is C18H16F3N3O4. The van der Waals surface area contributed by atoms with E-state index >= 15 is 0 Å². The van der Waals surface area contributed by atoms with Gasteiger partial charge in [0, 0.05) is 17.8 Å². The summed E-state index contributed by atoms with van der Waals surface area (Å²) < 4.78 is 46.8. The summed E-state index contributed by atoms with van der Waals surface area (Å²) in [6.45, 7) is -0.995. The summed E-state index contributed by atoms with van der Waals surface area (Å²) in [7, 11) is 0. The van der Waals surface area contributed by atoms with Crippen molar-refractivity contribution in [3.63, 3.8) is 0 Å². The summed E-state index contributed by atoms with van der Waals surface area (Å²) in [5, 5.41) is 7.00. The Bertz CT molecular complexity index is 869. The molecule has 7 nitrogen and oxygen atoms in total. The SMILES string of the molecule is O=C(NCc1ccc2c(c1)OCO2)Nc1ccc(C(=O)NCC(F)(F)F)cc1. The van der Waals surface area contributed by atoms with Crippen LogP contribution in [-0.4, -0.2) is 31.5 Å². The molecule has 0 radical (unpaired) electrons. The van der Waals surface area contributed by atoms with E-state index in [0.717, 1.165) is 5.56 Å². The van der Waals surface area contributed by atoms with Crippen molar-refractivity contribution in [1.29, 1.82) is 0 Å². The Morgan fingerprint density at radius 3 is 2.39 bits per heavy atom. The van der Waals surface area contributed by atoms with Crippen LogP contribution in [0, 0.1) is 0 Å². The number of alkyl halides is 3. The van der Waals surface area contributed by atoms with Gasteiger partial charge < -0.3 is 25.4 Å². The van der Waals surface area contributed by atoms with Crippen LogP contribution in [0.1, 0.15) is 15.9 Å². The molecule has 0 bridgehead atoms. The van der Waals surface area contributed by atoms with Gasteiger partial charge in [-0.05, 0) is 42.0 Å². The van der Waals surface area contributed by atoms with Crippen molar-refractivity contribution in [3.8, 4) is 11.5 Å². The molecule has 1 aliphatic heterocycles. The zero-order valence-corrected chi connectivity index (χ0v) is 14.4. The minimum atomic E-state index is -4.48. The van der Waals surface area contributed by atoms with Gasteiger partial charge >= 0.3 is 12.2 Å². The molecule has 10 heteroatoms. The van der Waals surface area contributed by atoms with Gasteiger partial charge in [-0.2, -0.15) is 13.2 Å². The van der Waals surface area contributed by atoms with Gasteiger partial charge in [0.2, 0.25) is 6.79 Å². The molecule has 0 aromatic heterocycles. The minimum absolute atomic E-state index is 0.0515. The first-order valence-corrected chi connectivity index (χ1v) is 8.18. The van der Waals surface area contributed by atoms with E-state index in [1.165, 1.54) is 24.3 Å². The van der Waals surface area contributed by atoms with Crippen molar-refractivity contribution in [3.05, 3.63) is 53.6 Å².